The minimum atomic E-state index is -0.531. The number of nitrogens with two attached hydrogens (primary N) is 1. The van der Waals surface area contributed by atoms with Gasteiger partial charge in [0.2, 0.25) is 0 Å². The lowest BCUT2D eigenvalue weighted by Gasteiger charge is -2.09. The molecule has 0 spiro atoms. The van der Waals surface area contributed by atoms with Crippen molar-refractivity contribution in [3.63, 3.8) is 0 Å². The fraction of sp³-hybridized carbons (Fsp3) is 0.143. The smallest absolute Gasteiger partial charge is 0.270 e. The molecule has 110 valence electrons. The maximum atomic E-state index is 13.3. The second kappa shape index (κ2) is 6.51. The third-order valence-corrected chi connectivity index (χ3v) is 3.16. The number of nitro groups is 1. The maximum absolute atomic E-state index is 13.3. The van der Waals surface area contributed by atoms with Gasteiger partial charge in [0, 0.05) is 30.3 Å². The van der Waals surface area contributed by atoms with Crippen LogP contribution in [0.3, 0.4) is 0 Å². The van der Waals surface area contributed by atoms with Crippen LogP contribution in [-0.4, -0.2) is 4.92 Å². The zero-order valence-corrected chi connectivity index (χ0v) is 11.6. The Morgan fingerprint density at radius 2 is 2.05 bits per heavy atom. The minimum absolute atomic E-state index is 0.0737. The van der Waals surface area contributed by atoms with Crippen LogP contribution in [0.5, 0.6) is 5.75 Å². The molecule has 0 saturated carbocycles. The third kappa shape index (κ3) is 3.90. The molecule has 0 aliphatic carbocycles. The summed E-state index contributed by atoms with van der Waals surface area (Å²) in [5.41, 5.74) is 6.54. The maximum Gasteiger partial charge on any atom is 0.270 e. The number of benzene rings is 2. The first kappa shape index (κ1) is 15.2. The van der Waals surface area contributed by atoms with E-state index in [1.807, 2.05) is 0 Å². The Hall–Kier alpha value is -2.18. The van der Waals surface area contributed by atoms with Crippen molar-refractivity contribution in [2.24, 2.45) is 5.73 Å². The van der Waals surface area contributed by atoms with Gasteiger partial charge in [0.15, 0.2) is 0 Å². The van der Waals surface area contributed by atoms with Crippen LogP contribution in [-0.2, 0) is 13.2 Å². The van der Waals surface area contributed by atoms with Crippen molar-refractivity contribution in [2.45, 2.75) is 13.2 Å². The zero-order valence-electron chi connectivity index (χ0n) is 10.9. The number of halogens is 2. The summed E-state index contributed by atoms with van der Waals surface area (Å²) >= 11 is 5.95. The number of hydrogen-bond donors (Lipinski definition) is 1. The molecule has 0 aromatic heterocycles. The number of hydrogen-bond acceptors (Lipinski definition) is 4. The molecule has 0 saturated heterocycles. The van der Waals surface area contributed by atoms with Crippen LogP contribution < -0.4 is 10.5 Å². The number of ether oxygens (including phenoxy) is 1. The molecule has 21 heavy (non-hydrogen) atoms. The van der Waals surface area contributed by atoms with E-state index in [-0.39, 0.29) is 23.9 Å². The van der Waals surface area contributed by atoms with Gasteiger partial charge in [-0.05, 0) is 23.8 Å². The molecule has 0 atom stereocenters. The lowest BCUT2D eigenvalue weighted by molar-refractivity contribution is -0.384. The van der Waals surface area contributed by atoms with Gasteiger partial charge < -0.3 is 10.5 Å². The van der Waals surface area contributed by atoms with Gasteiger partial charge in [0.05, 0.1) is 9.95 Å². The van der Waals surface area contributed by atoms with Crippen LogP contribution in [0.2, 0.25) is 5.02 Å². The van der Waals surface area contributed by atoms with Crippen molar-refractivity contribution in [1.29, 1.82) is 0 Å². The van der Waals surface area contributed by atoms with E-state index in [1.165, 1.54) is 30.3 Å². The van der Waals surface area contributed by atoms with E-state index in [9.17, 15) is 14.5 Å². The van der Waals surface area contributed by atoms with E-state index >= 15 is 0 Å². The topological polar surface area (TPSA) is 78.4 Å². The van der Waals surface area contributed by atoms with E-state index in [4.69, 9.17) is 22.1 Å². The zero-order chi connectivity index (χ0) is 15.4. The molecule has 0 unspecified atom stereocenters. The standard InChI is InChI=1S/C14H12ClFN2O3/c15-14-6-12(18(19)20)2-1-10(14)8-21-13-4-9(7-17)3-11(16)5-13/h1-6H,7-8,17H2. The van der Waals surface area contributed by atoms with Crippen LogP contribution in [0.1, 0.15) is 11.1 Å². The highest BCUT2D eigenvalue weighted by molar-refractivity contribution is 6.31. The Kier molecular flexibility index (Phi) is 4.72. The summed E-state index contributed by atoms with van der Waals surface area (Å²) in [6.07, 6.45) is 0. The molecule has 0 amide bonds. The highest BCUT2D eigenvalue weighted by atomic mass is 35.5. The van der Waals surface area contributed by atoms with E-state index < -0.39 is 10.7 Å². The van der Waals surface area contributed by atoms with Gasteiger partial charge in [-0.25, -0.2) is 4.39 Å². The third-order valence-electron chi connectivity index (χ3n) is 2.81. The normalized spacial score (nSPS) is 10.4. The van der Waals surface area contributed by atoms with Crippen molar-refractivity contribution >= 4 is 17.3 Å². The molecule has 7 heteroatoms. The van der Waals surface area contributed by atoms with Crippen molar-refractivity contribution in [1.82, 2.24) is 0 Å². The van der Waals surface area contributed by atoms with Crippen LogP contribution in [0, 0.1) is 15.9 Å². The highest BCUT2D eigenvalue weighted by Gasteiger charge is 2.10. The van der Waals surface area contributed by atoms with Gasteiger partial charge in [-0.15, -0.1) is 0 Å². The Bertz CT molecular complexity index is 679. The molecular weight excluding hydrogens is 299 g/mol. The van der Waals surface area contributed by atoms with E-state index in [0.29, 0.717) is 16.9 Å². The van der Waals surface area contributed by atoms with Crippen LogP contribution in [0.25, 0.3) is 0 Å². The van der Waals surface area contributed by atoms with Crippen LogP contribution in [0.15, 0.2) is 36.4 Å². The van der Waals surface area contributed by atoms with E-state index in [2.05, 4.69) is 0 Å². The molecule has 0 fully saturated rings. The molecule has 0 bridgehead atoms. The Labute approximate surface area is 125 Å². The van der Waals surface area contributed by atoms with Gasteiger partial charge in [-0.1, -0.05) is 11.6 Å². The van der Waals surface area contributed by atoms with E-state index in [0.717, 1.165) is 0 Å². The summed E-state index contributed by atoms with van der Waals surface area (Å²) in [6.45, 7) is 0.275. The second-order valence-corrected chi connectivity index (χ2v) is 4.73. The molecule has 2 aromatic rings. The quantitative estimate of drug-likeness (QED) is 0.678. The molecule has 0 heterocycles. The fourth-order valence-electron chi connectivity index (χ4n) is 1.75. The van der Waals surface area contributed by atoms with Crippen molar-refractivity contribution < 1.29 is 14.1 Å². The molecule has 0 radical (unpaired) electrons. The molecule has 2 rings (SSSR count). The molecule has 0 aliphatic rings. The first-order valence-corrected chi connectivity index (χ1v) is 6.42. The van der Waals surface area contributed by atoms with Gasteiger partial charge in [-0.2, -0.15) is 0 Å². The first-order valence-electron chi connectivity index (χ1n) is 6.04. The Morgan fingerprint density at radius 1 is 1.29 bits per heavy atom. The number of non-ortho nitro benzene ring substituents is 1. The van der Waals surface area contributed by atoms with E-state index in [1.54, 1.807) is 6.07 Å². The summed E-state index contributed by atoms with van der Waals surface area (Å²) in [5, 5.41) is 10.8. The van der Waals surface area contributed by atoms with Gasteiger partial charge >= 0.3 is 0 Å². The lowest BCUT2D eigenvalue weighted by Crippen LogP contribution is -2.01. The van der Waals surface area contributed by atoms with Gasteiger partial charge in [0.25, 0.3) is 5.69 Å². The fourth-order valence-corrected chi connectivity index (χ4v) is 1.98. The highest BCUT2D eigenvalue weighted by Crippen LogP contribution is 2.24. The van der Waals surface area contributed by atoms with Crippen LogP contribution >= 0.6 is 11.6 Å². The van der Waals surface area contributed by atoms with Crippen molar-refractivity contribution in [3.05, 3.63) is 68.5 Å². The molecule has 5 nitrogen and oxygen atoms in total. The summed E-state index contributed by atoms with van der Waals surface area (Å²) in [5.74, 6) is -0.118. The lowest BCUT2D eigenvalue weighted by atomic mass is 10.2. The first-order chi connectivity index (χ1) is 9.99. The molecule has 2 aromatic carbocycles. The summed E-state index contributed by atoms with van der Waals surface area (Å²) in [4.78, 5) is 10.1. The average Bonchev–Trinajstić information content (AvgIpc) is 2.45. The SMILES string of the molecule is NCc1cc(F)cc(OCc2ccc([N+](=O)[O-])cc2Cl)c1. The van der Waals surface area contributed by atoms with Crippen LogP contribution in [0.4, 0.5) is 10.1 Å². The average molecular weight is 311 g/mol. The number of nitrogens with zero attached hydrogens (tertiary/aromatic N) is 1. The Morgan fingerprint density at radius 3 is 2.67 bits per heavy atom. The molecular formula is C14H12ClFN2O3. The predicted molar refractivity (Wildman–Crippen MR) is 76.7 cm³/mol. The minimum Gasteiger partial charge on any atom is -0.489 e. The molecule has 0 aliphatic heterocycles. The Balaban J connectivity index is 2.13. The molecule has 2 N–H and O–H groups in total. The summed E-state index contributed by atoms with van der Waals surface area (Å²) < 4.78 is 18.8. The number of nitro benzene ring substituents is 1. The summed E-state index contributed by atoms with van der Waals surface area (Å²) in [7, 11) is 0. The number of rotatable bonds is 5. The largest absolute Gasteiger partial charge is 0.489 e. The second-order valence-electron chi connectivity index (χ2n) is 4.32. The predicted octanol–water partition coefficient (Wildman–Crippen LogP) is 3.43. The van der Waals surface area contributed by atoms with Gasteiger partial charge in [-0.3, -0.25) is 10.1 Å². The monoisotopic (exact) mass is 310 g/mol. The van der Waals surface area contributed by atoms with Gasteiger partial charge in [0.1, 0.15) is 18.2 Å². The summed E-state index contributed by atoms with van der Waals surface area (Å²) in [6, 6.07) is 8.27. The van der Waals surface area contributed by atoms with Crippen molar-refractivity contribution in [3.8, 4) is 5.75 Å². The van der Waals surface area contributed by atoms with Crippen molar-refractivity contribution in [2.75, 3.05) is 0 Å².